The summed E-state index contributed by atoms with van der Waals surface area (Å²) in [7, 11) is 0. The standard InChI is InChI=1S/C15H17NO/c1-4-11(5-2)13-9-14(17)16-15-10(3)7-6-8-12(13)15/h4-8,13H,1,9H2,2-3H3,(H,16,17)/b11-5+/t13-/m0/s1. The van der Waals surface area contributed by atoms with Gasteiger partial charge in [0.25, 0.3) is 0 Å². The number of hydrogen-bond donors (Lipinski definition) is 1. The number of allylic oxidation sites excluding steroid dienone is 3. The molecule has 1 atom stereocenters. The molecule has 2 nitrogen and oxygen atoms in total. The first-order valence-electron chi connectivity index (χ1n) is 5.85. The summed E-state index contributed by atoms with van der Waals surface area (Å²) in [6.45, 7) is 7.83. The van der Waals surface area contributed by atoms with E-state index in [-0.39, 0.29) is 11.8 Å². The minimum atomic E-state index is 0.0815. The molecular weight excluding hydrogens is 210 g/mol. The van der Waals surface area contributed by atoms with E-state index in [0.29, 0.717) is 6.42 Å². The van der Waals surface area contributed by atoms with Gasteiger partial charge < -0.3 is 5.32 Å². The van der Waals surface area contributed by atoms with E-state index in [4.69, 9.17) is 0 Å². The van der Waals surface area contributed by atoms with E-state index < -0.39 is 0 Å². The third-order valence-electron chi connectivity index (χ3n) is 3.31. The van der Waals surface area contributed by atoms with E-state index in [1.165, 1.54) is 5.56 Å². The van der Waals surface area contributed by atoms with Crippen molar-refractivity contribution in [3.63, 3.8) is 0 Å². The van der Waals surface area contributed by atoms with E-state index in [2.05, 4.69) is 18.0 Å². The summed E-state index contributed by atoms with van der Waals surface area (Å²) >= 11 is 0. The molecule has 1 aromatic carbocycles. The number of rotatable bonds is 2. The summed E-state index contributed by atoms with van der Waals surface area (Å²) in [5.74, 6) is 0.221. The molecule has 0 radical (unpaired) electrons. The number of amides is 1. The number of aryl methyl sites for hydroxylation is 1. The van der Waals surface area contributed by atoms with E-state index in [0.717, 1.165) is 16.8 Å². The third kappa shape index (κ3) is 2.03. The minimum absolute atomic E-state index is 0.0815. The largest absolute Gasteiger partial charge is 0.326 e. The third-order valence-corrected chi connectivity index (χ3v) is 3.31. The molecule has 0 fully saturated rings. The van der Waals surface area contributed by atoms with Gasteiger partial charge in [-0.25, -0.2) is 0 Å². The van der Waals surface area contributed by atoms with Gasteiger partial charge in [0.05, 0.1) is 0 Å². The van der Waals surface area contributed by atoms with E-state index in [1.807, 2.05) is 38.1 Å². The lowest BCUT2D eigenvalue weighted by atomic mass is 9.83. The summed E-state index contributed by atoms with van der Waals surface area (Å²) in [5.41, 5.74) is 4.39. The van der Waals surface area contributed by atoms with Crippen molar-refractivity contribution in [3.8, 4) is 0 Å². The van der Waals surface area contributed by atoms with Crippen LogP contribution in [0.5, 0.6) is 0 Å². The topological polar surface area (TPSA) is 29.1 Å². The smallest absolute Gasteiger partial charge is 0.225 e. The van der Waals surface area contributed by atoms with Crippen LogP contribution in [0.25, 0.3) is 0 Å². The maximum atomic E-state index is 11.8. The monoisotopic (exact) mass is 227 g/mol. The lowest BCUT2D eigenvalue weighted by molar-refractivity contribution is -0.116. The normalized spacial score (nSPS) is 19.5. The average Bonchev–Trinajstić information content (AvgIpc) is 2.32. The summed E-state index contributed by atoms with van der Waals surface area (Å²) < 4.78 is 0. The van der Waals surface area contributed by atoms with Crippen LogP contribution in [0, 0.1) is 6.92 Å². The molecule has 0 aliphatic carbocycles. The highest BCUT2D eigenvalue weighted by atomic mass is 16.1. The fraction of sp³-hybridized carbons (Fsp3) is 0.267. The van der Waals surface area contributed by atoms with Crippen molar-refractivity contribution in [3.05, 3.63) is 53.6 Å². The second-order valence-corrected chi connectivity index (χ2v) is 4.34. The molecule has 1 aromatic rings. The molecule has 1 aliphatic rings. The van der Waals surface area contributed by atoms with Crippen molar-refractivity contribution in [1.82, 2.24) is 0 Å². The van der Waals surface area contributed by atoms with Crippen molar-refractivity contribution >= 4 is 11.6 Å². The molecule has 0 saturated heterocycles. The number of nitrogens with one attached hydrogen (secondary N) is 1. The number of carbonyl (C=O) groups excluding carboxylic acids is 1. The number of para-hydroxylation sites is 1. The van der Waals surface area contributed by atoms with Gasteiger partial charge in [-0.3, -0.25) is 4.79 Å². The van der Waals surface area contributed by atoms with Gasteiger partial charge in [0, 0.05) is 18.0 Å². The number of fused-ring (bicyclic) bond motifs is 1. The van der Waals surface area contributed by atoms with Gasteiger partial charge in [-0.05, 0) is 30.5 Å². The molecule has 1 N–H and O–H groups in total. The lowest BCUT2D eigenvalue weighted by Crippen LogP contribution is -2.24. The Morgan fingerprint density at radius 3 is 2.94 bits per heavy atom. The van der Waals surface area contributed by atoms with Crippen LogP contribution in [-0.4, -0.2) is 5.91 Å². The first kappa shape index (κ1) is 11.6. The van der Waals surface area contributed by atoms with Gasteiger partial charge in [-0.1, -0.05) is 36.9 Å². The Morgan fingerprint density at radius 2 is 2.29 bits per heavy atom. The zero-order valence-electron chi connectivity index (χ0n) is 10.3. The summed E-state index contributed by atoms with van der Waals surface area (Å²) in [6, 6.07) is 6.14. The highest BCUT2D eigenvalue weighted by Crippen LogP contribution is 2.38. The molecule has 2 heteroatoms. The van der Waals surface area contributed by atoms with E-state index >= 15 is 0 Å². The molecule has 1 aliphatic heterocycles. The molecule has 0 bridgehead atoms. The maximum Gasteiger partial charge on any atom is 0.225 e. The summed E-state index contributed by atoms with van der Waals surface area (Å²) in [6.07, 6.45) is 4.37. The van der Waals surface area contributed by atoms with Gasteiger partial charge >= 0.3 is 0 Å². The van der Waals surface area contributed by atoms with Crippen LogP contribution >= 0.6 is 0 Å². The van der Waals surface area contributed by atoms with Crippen molar-refractivity contribution in [1.29, 1.82) is 0 Å². The van der Waals surface area contributed by atoms with Crippen LogP contribution in [0.2, 0.25) is 0 Å². The van der Waals surface area contributed by atoms with Crippen molar-refractivity contribution in [2.75, 3.05) is 5.32 Å². The van der Waals surface area contributed by atoms with Crippen molar-refractivity contribution in [2.24, 2.45) is 0 Å². The fourth-order valence-corrected chi connectivity index (χ4v) is 2.40. The molecule has 0 saturated carbocycles. The molecule has 17 heavy (non-hydrogen) atoms. The Morgan fingerprint density at radius 1 is 1.53 bits per heavy atom. The molecule has 0 aromatic heterocycles. The number of anilines is 1. The second-order valence-electron chi connectivity index (χ2n) is 4.34. The Kier molecular flexibility index (Phi) is 3.14. The molecule has 0 spiro atoms. The van der Waals surface area contributed by atoms with Crippen LogP contribution in [0.4, 0.5) is 5.69 Å². The Balaban J connectivity index is 2.55. The minimum Gasteiger partial charge on any atom is -0.326 e. The Hall–Kier alpha value is -1.83. The van der Waals surface area contributed by atoms with Crippen LogP contribution in [0.15, 0.2) is 42.5 Å². The predicted molar refractivity (Wildman–Crippen MR) is 71.1 cm³/mol. The first-order chi connectivity index (χ1) is 8.17. The number of hydrogen-bond acceptors (Lipinski definition) is 1. The SMILES string of the molecule is C=C/C(=C\C)[C@@H]1CC(=O)Nc2c(C)cccc21. The zero-order valence-corrected chi connectivity index (χ0v) is 10.3. The van der Waals surface area contributed by atoms with Gasteiger partial charge in [0.15, 0.2) is 0 Å². The van der Waals surface area contributed by atoms with Crippen LogP contribution in [0.1, 0.15) is 30.4 Å². The van der Waals surface area contributed by atoms with E-state index in [1.54, 1.807) is 0 Å². The molecule has 0 unspecified atom stereocenters. The highest BCUT2D eigenvalue weighted by molar-refractivity contribution is 5.96. The van der Waals surface area contributed by atoms with Gasteiger partial charge in [0.2, 0.25) is 5.91 Å². The van der Waals surface area contributed by atoms with Gasteiger partial charge in [-0.2, -0.15) is 0 Å². The van der Waals surface area contributed by atoms with E-state index in [9.17, 15) is 4.79 Å². The second kappa shape index (κ2) is 4.58. The molecule has 2 rings (SSSR count). The quantitative estimate of drug-likeness (QED) is 0.769. The van der Waals surface area contributed by atoms with Crippen molar-refractivity contribution < 1.29 is 4.79 Å². The maximum absolute atomic E-state index is 11.8. The Bertz CT molecular complexity index is 500. The fourth-order valence-electron chi connectivity index (χ4n) is 2.40. The zero-order chi connectivity index (χ0) is 12.4. The van der Waals surface area contributed by atoms with Gasteiger partial charge in [-0.15, -0.1) is 0 Å². The van der Waals surface area contributed by atoms with Crippen LogP contribution < -0.4 is 5.32 Å². The molecule has 1 amide bonds. The lowest BCUT2D eigenvalue weighted by Gasteiger charge is -2.27. The van der Waals surface area contributed by atoms with Crippen LogP contribution in [-0.2, 0) is 4.79 Å². The first-order valence-corrected chi connectivity index (χ1v) is 5.85. The van der Waals surface area contributed by atoms with Gasteiger partial charge in [0.1, 0.15) is 0 Å². The highest BCUT2D eigenvalue weighted by Gasteiger charge is 2.27. The summed E-state index contributed by atoms with van der Waals surface area (Å²) in [5, 5.41) is 2.96. The number of benzene rings is 1. The van der Waals surface area contributed by atoms with Crippen LogP contribution in [0.3, 0.4) is 0 Å². The summed E-state index contributed by atoms with van der Waals surface area (Å²) in [4.78, 5) is 11.8. The predicted octanol–water partition coefficient (Wildman–Crippen LogP) is 3.55. The van der Waals surface area contributed by atoms with Crippen molar-refractivity contribution in [2.45, 2.75) is 26.2 Å². The average molecular weight is 227 g/mol. The molecule has 88 valence electrons. The molecular formula is C15H17NO. The number of carbonyl (C=O) groups is 1. The molecule has 1 heterocycles. The Labute approximate surface area is 102 Å².